The van der Waals surface area contributed by atoms with E-state index in [-0.39, 0.29) is 0 Å². The van der Waals surface area contributed by atoms with Crippen molar-refractivity contribution in [3.8, 4) is 0 Å². The molecular formula is C15H19N3O2S. The van der Waals surface area contributed by atoms with Crippen molar-refractivity contribution in [1.82, 2.24) is 9.97 Å². The number of carboxylic acid groups (broad SMARTS) is 1. The van der Waals surface area contributed by atoms with Gasteiger partial charge in [-0.25, -0.2) is 9.97 Å². The molecule has 0 bridgehead atoms. The Balaban J connectivity index is 2.05. The van der Waals surface area contributed by atoms with Crippen LogP contribution in [0.25, 0.3) is 10.2 Å². The maximum Gasteiger partial charge on any atom is 0.311 e. The van der Waals surface area contributed by atoms with Crippen LogP contribution >= 0.6 is 11.3 Å². The van der Waals surface area contributed by atoms with Gasteiger partial charge in [0.15, 0.2) is 0 Å². The highest BCUT2D eigenvalue weighted by Crippen LogP contribution is 2.40. The quantitative estimate of drug-likeness (QED) is 0.944. The molecule has 1 unspecified atom stereocenters. The lowest BCUT2D eigenvalue weighted by Gasteiger charge is -2.24. The second kappa shape index (κ2) is 4.94. The zero-order chi connectivity index (χ0) is 15.2. The summed E-state index contributed by atoms with van der Waals surface area (Å²) in [5.41, 5.74) is 0.561. The number of fused-ring (bicyclic) bond motifs is 1. The van der Waals surface area contributed by atoms with E-state index in [4.69, 9.17) is 0 Å². The van der Waals surface area contributed by atoms with Crippen molar-refractivity contribution in [3.05, 3.63) is 16.8 Å². The largest absolute Gasteiger partial charge is 0.481 e. The number of carboxylic acids is 1. The van der Waals surface area contributed by atoms with Crippen LogP contribution in [0, 0.1) is 19.3 Å². The lowest BCUT2D eigenvalue weighted by molar-refractivity contribution is -0.147. The normalized spacial score (nSPS) is 22.1. The number of aliphatic carboxylic acids is 1. The number of hydrogen-bond acceptors (Lipinski definition) is 5. The average molecular weight is 305 g/mol. The van der Waals surface area contributed by atoms with Crippen molar-refractivity contribution in [2.24, 2.45) is 5.41 Å². The number of aryl methyl sites for hydroxylation is 2. The number of anilines is 1. The van der Waals surface area contributed by atoms with Gasteiger partial charge in [-0.05, 0) is 32.3 Å². The summed E-state index contributed by atoms with van der Waals surface area (Å²) in [5, 5.41) is 10.6. The molecule has 2 aromatic heterocycles. The van der Waals surface area contributed by atoms with Crippen molar-refractivity contribution in [1.29, 1.82) is 0 Å². The monoisotopic (exact) mass is 305 g/mol. The second-order valence-corrected chi connectivity index (χ2v) is 6.97. The van der Waals surface area contributed by atoms with Gasteiger partial charge in [0.25, 0.3) is 0 Å². The standard InChI is InChI=1S/C15H19N3O2S/c1-4-15(14(19)20)5-6-18(7-15)12-11-9(2)10(3)21-13(11)17-8-16-12/h8H,4-7H2,1-3H3,(H,19,20). The summed E-state index contributed by atoms with van der Waals surface area (Å²) < 4.78 is 0. The summed E-state index contributed by atoms with van der Waals surface area (Å²) in [4.78, 5) is 24.7. The number of thiophene rings is 1. The van der Waals surface area contributed by atoms with Crippen LogP contribution in [0.5, 0.6) is 0 Å². The van der Waals surface area contributed by atoms with Crippen LogP contribution < -0.4 is 4.90 Å². The maximum atomic E-state index is 11.6. The molecule has 2 aromatic rings. The number of aromatic nitrogens is 2. The van der Waals surface area contributed by atoms with E-state index in [0.717, 1.165) is 22.6 Å². The summed E-state index contributed by atoms with van der Waals surface area (Å²) in [6, 6.07) is 0. The van der Waals surface area contributed by atoms with E-state index in [0.29, 0.717) is 19.4 Å². The molecule has 112 valence electrons. The molecule has 1 aliphatic rings. The molecular weight excluding hydrogens is 286 g/mol. The molecule has 0 spiro atoms. The third-order valence-electron chi connectivity index (χ3n) is 4.73. The summed E-state index contributed by atoms with van der Waals surface area (Å²) in [6.45, 7) is 7.39. The van der Waals surface area contributed by atoms with E-state index >= 15 is 0 Å². The highest BCUT2D eigenvalue weighted by Gasteiger charge is 2.44. The molecule has 5 nitrogen and oxygen atoms in total. The van der Waals surface area contributed by atoms with Gasteiger partial charge >= 0.3 is 5.97 Å². The van der Waals surface area contributed by atoms with Gasteiger partial charge in [-0.15, -0.1) is 11.3 Å². The number of rotatable bonds is 3. The van der Waals surface area contributed by atoms with Crippen molar-refractivity contribution in [2.75, 3.05) is 18.0 Å². The first-order chi connectivity index (χ1) is 9.98. The van der Waals surface area contributed by atoms with Crippen molar-refractivity contribution >= 4 is 33.3 Å². The first-order valence-corrected chi connectivity index (χ1v) is 7.99. The smallest absolute Gasteiger partial charge is 0.311 e. The Bertz CT molecular complexity index is 712. The molecule has 1 aliphatic heterocycles. The molecule has 1 atom stereocenters. The first-order valence-electron chi connectivity index (χ1n) is 7.17. The van der Waals surface area contributed by atoms with E-state index in [1.807, 2.05) is 6.92 Å². The molecule has 0 radical (unpaired) electrons. The predicted octanol–water partition coefficient (Wildman–Crippen LogP) is 3.00. The summed E-state index contributed by atoms with van der Waals surface area (Å²) >= 11 is 1.67. The molecule has 3 rings (SSSR count). The van der Waals surface area contributed by atoms with Gasteiger partial charge in [0.2, 0.25) is 0 Å². The summed E-state index contributed by atoms with van der Waals surface area (Å²) in [7, 11) is 0. The Morgan fingerprint density at radius 1 is 1.48 bits per heavy atom. The van der Waals surface area contributed by atoms with Crippen LogP contribution in [-0.4, -0.2) is 34.1 Å². The molecule has 1 saturated heterocycles. The lowest BCUT2D eigenvalue weighted by Crippen LogP contribution is -2.34. The molecule has 3 heterocycles. The van der Waals surface area contributed by atoms with Crippen LogP contribution in [0.4, 0.5) is 5.82 Å². The molecule has 0 aromatic carbocycles. The zero-order valence-corrected chi connectivity index (χ0v) is 13.3. The molecule has 0 saturated carbocycles. The number of carbonyl (C=O) groups is 1. The van der Waals surface area contributed by atoms with Crippen LogP contribution in [0.3, 0.4) is 0 Å². The Hall–Kier alpha value is -1.69. The van der Waals surface area contributed by atoms with Gasteiger partial charge in [-0.3, -0.25) is 4.79 Å². The molecule has 0 aliphatic carbocycles. The summed E-state index contributed by atoms with van der Waals surface area (Å²) in [6.07, 6.45) is 2.90. The predicted molar refractivity (Wildman–Crippen MR) is 84.1 cm³/mol. The van der Waals surface area contributed by atoms with Crippen molar-refractivity contribution in [3.63, 3.8) is 0 Å². The highest BCUT2D eigenvalue weighted by molar-refractivity contribution is 7.18. The second-order valence-electron chi connectivity index (χ2n) is 5.77. The van der Waals surface area contributed by atoms with Crippen LogP contribution in [0.15, 0.2) is 6.33 Å². The van der Waals surface area contributed by atoms with Gasteiger partial charge < -0.3 is 10.0 Å². The van der Waals surface area contributed by atoms with E-state index in [1.54, 1.807) is 17.7 Å². The van der Waals surface area contributed by atoms with Gasteiger partial charge in [-0.1, -0.05) is 6.92 Å². The minimum atomic E-state index is -0.698. The van der Waals surface area contributed by atoms with Crippen molar-refractivity contribution < 1.29 is 9.90 Å². The fourth-order valence-corrected chi connectivity index (χ4v) is 4.06. The number of nitrogens with zero attached hydrogens (tertiary/aromatic N) is 3. The van der Waals surface area contributed by atoms with Crippen LogP contribution in [-0.2, 0) is 4.79 Å². The average Bonchev–Trinajstić information content (AvgIpc) is 3.02. The highest BCUT2D eigenvalue weighted by atomic mass is 32.1. The fraction of sp³-hybridized carbons (Fsp3) is 0.533. The van der Waals surface area contributed by atoms with Crippen LogP contribution in [0.1, 0.15) is 30.2 Å². The molecule has 6 heteroatoms. The minimum Gasteiger partial charge on any atom is -0.481 e. The van der Waals surface area contributed by atoms with Gasteiger partial charge in [0.05, 0.1) is 10.8 Å². The topological polar surface area (TPSA) is 66.3 Å². The van der Waals surface area contributed by atoms with E-state index in [9.17, 15) is 9.90 Å². The van der Waals surface area contributed by atoms with E-state index in [1.165, 1.54) is 10.4 Å². The Kier molecular flexibility index (Phi) is 3.36. The van der Waals surface area contributed by atoms with Gasteiger partial charge in [0, 0.05) is 18.0 Å². The number of hydrogen-bond donors (Lipinski definition) is 1. The Morgan fingerprint density at radius 3 is 2.86 bits per heavy atom. The van der Waals surface area contributed by atoms with Crippen molar-refractivity contribution in [2.45, 2.75) is 33.6 Å². The third-order valence-corrected chi connectivity index (χ3v) is 5.84. The first kappa shape index (κ1) is 14.3. The lowest BCUT2D eigenvalue weighted by atomic mass is 9.84. The van der Waals surface area contributed by atoms with E-state index in [2.05, 4.69) is 28.7 Å². The zero-order valence-electron chi connectivity index (χ0n) is 12.5. The van der Waals surface area contributed by atoms with Gasteiger partial charge in [0.1, 0.15) is 17.0 Å². The molecule has 1 fully saturated rings. The van der Waals surface area contributed by atoms with E-state index < -0.39 is 11.4 Å². The van der Waals surface area contributed by atoms with Gasteiger partial charge in [-0.2, -0.15) is 0 Å². The fourth-order valence-electron chi connectivity index (χ4n) is 3.07. The minimum absolute atomic E-state index is 0.527. The Labute approximate surface area is 127 Å². The molecule has 0 amide bonds. The SMILES string of the molecule is CCC1(C(=O)O)CCN(c2ncnc3sc(C)c(C)c23)C1. The molecule has 21 heavy (non-hydrogen) atoms. The maximum absolute atomic E-state index is 11.6. The molecule has 1 N–H and O–H groups in total. The van der Waals surface area contributed by atoms with Crippen LogP contribution in [0.2, 0.25) is 0 Å². The summed E-state index contributed by atoms with van der Waals surface area (Å²) in [5.74, 6) is 0.189. The Morgan fingerprint density at radius 2 is 2.24 bits per heavy atom. The third kappa shape index (κ3) is 2.09.